The summed E-state index contributed by atoms with van der Waals surface area (Å²) in [5, 5.41) is 7.52. The van der Waals surface area contributed by atoms with E-state index in [1.165, 1.54) is 0 Å². The zero-order valence-corrected chi connectivity index (χ0v) is 23.7. The number of halogens is 2. The monoisotopic (exact) mass is 581 g/mol. The number of carbonyl (C=O) groups is 2. The molecule has 2 atom stereocenters. The topological polar surface area (TPSA) is 119 Å². The quantitative estimate of drug-likeness (QED) is 0.206. The molecular weight excluding hydrogens is 549 g/mol. The van der Waals surface area contributed by atoms with Crippen LogP contribution in [0.3, 0.4) is 0 Å². The Kier molecular flexibility index (Phi) is 9.19. The van der Waals surface area contributed by atoms with Crippen LogP contribution in [0.2, 0.25) is 10.0 Å². The summed E-state index contributed by atoms with van der Waals surface area (Å²) in [6.45, 7) is 1.02. The van der Waals surface area contributed by atoms with Crippen LogP contribution in [0.15, 0.2) is 48.7 Å². The number of Topliss-reactive ketones (excluding diaryl/α,β-unsaturated/α-hetero) is 1. The SMILES string of the molecule is Nc1ncc(-c2cccc(C(=O)CC3CCNC(C(=O)OC4CCCC4)C3)c2)nc1NCc1c(Cl)cccc1Cl. The van der Waals surface area contributed by atoms with Gasteiger partial charge >= 0.3 is 5.97 Å². The number of esters is 1. The van der Waals surface area contributed by atoms with E-state index in [-0.39, 0.29) is 35.6 Å². The number of ketones is 1. The molecule has 1 aromatic heterocycles. The van der Waals surface area contributed by atoms with Crippen molar-refractivity contribution in [3.63, 3.8) is 0 Å². The number of hydrogen-bond donors (Lipinski definition) is 3. The largest absolute Gasteiger partial charge is 0.461 e. The highest BCUT2D eigenvalue weighted by Gasteiger charge is 2.31. The van der Waals surface area contributed by atoms with Gasteiger partial charge in [-0.2, -0.15) is 0 Å². The fourth-order valence-electron chi connectivity index (χ4n) is 5.39. The molecule has 40 heavy (non-hydrogen) atoms. The van der Waals surface area contributed by atoms with Crippen LogP contribution in [0.25, 0.3) is 11.3 Å². The van der Waals surface area contributed by atoms with Crippen LogP contribution in [0.5, 0.6) is 0 Å². The molecule has 2 fully saturated rings. The summed E-state index contributed by atoms with van der Waals surface area (Å²) in [7, 11) is 0. The number of nitrogen functional groups attached to an aromatic ring is 1. The van der Waals surface area contributed by atoms with Crippen molar-refractivity contribution in [1.82, 2.24) is 15.3 Å². The second kappa shape index (κ2) is 13.0. The number of anilines is 2. The highest BCUT2D eigenvalue weighted by Crippen LogP contribution is 2.29. The van der Waals surface area contributed by atoms with Crippen LogP contribution < -0.4 is 16.4 Å². The molecule has 0 amide bonds. The smallest absolute Gasteiger partial charge is 0.323 e. The maximum absolute atomic E-state index is 13.3. The van der Waals surface area contributed by atoms with E-state index in [9.17, 15) is 9.59 Å². The lowest BCUT2D eigenvalue weighted by Crippen LogP contribution is -2.45. The van der Waals surface area contributed by atoms with Crippen LogP contribution in [0.4, 0.5) is 11.6 Å². The van der Waals surface area contributed by atoms with Crippen LogP contribution in [0.1, 0.15) is 60.9 Å². The molecule has 3 aromatic rings. The van der Waals surface area contributed by atoms with Crippen molar-refractivity contribution in [1.29, 1.82) is 0 Å². The second-order valence-electron chi connectivity index (χ2n) is 10.5. The Morgan fingerprint density at radius 2 is 1.82 bits per heavy atom. The average molecular weight is 583 g/mol. The molecule has 1 saturated carbocycles. The Hall–Kier alpha value is -3.20. The minimum absolute atomic E-state index is 0.0341. The number of nitrogens with zero attached hydrogens (tertiary/aromatic N) is 2. The molecule has 2 aromatic carbocycles. The van der Waals surface area contributed by atoms with Crippen molar-refractivity contribution in [3.05, 3.63) is 69.8 Å². The number of hydrogen-bond acceptors (Lipinski definition) is 8. The molecule has 4 N–H and O–H groups in total. The number of nitrogens with two attached hydrogens (primary N) is 1. The first-order valence-electron chi connectivity index (χ1n) is 13.7. The molecule has 10 heteroatoms. The predicted octanol–water partition coefficient (Wildman–Crippen LogP) is 6.07. The highest BCUT2D eigenvalue weighted by molar-refractivity contribution is 6.36. The minimum Gasteiger partial charge on any atom is -0.461 e. The standard InChI is InChI=1S/C30H33Cl2N5O3/c31-23-9-4-10-24(32)22(23)16-36-29-28(33)35-17-26(37-29)19-5-3-6-20(15-19)27(38)14-18-11-12-34-25(13-18)30(39)40-21-7-1-2-8-21/h3-6,9-10,15,17-18,21,25,34H,1-2,7-8,11-14,16H2,(H2,33,35)(H,36,37). The molecular formula is C30H33Cl2N5O3. The van der Waals surface area contributed by atoms with Crippen molar-refractivity contribution >= 4 is 46.6 Å². The Morgan fingerprint density at radius 3 is 2.60 bits per heavy atom. The summed E-state index contributed by atoms with van der Waals surface area (Å²) < 4.78 is 5.70. The summed E-state index contributed by atoms with van der Waals surface area (Å²) in [6.07, 6.45) is 7.56. The molecule has 1 aliphatic carbocycles. The number of piperidine rings is 1. The number of aromatic nitrogens is 2. The van der Waals surface area contributed by atoms with Gasteiger partial charge in [0.1, 0.15) is 12.1 Å². The third-order valence-electron chi connectivity index (χ3n) is 7.63. The van der Waals surface area contributed by atoms with Gasteiger partial charge in [-0.25, -0.2) is 9.97 Å². The van der Waals surface area contributed by atoms with Crippen molar-refractivity contribution in [2.75, 3.05) is 17.6 Å². The van der Waals surface area contributed by atoms with E-state index >= 15 is 0 Å². The third kappa shape index (κ3) is 6.92. The lowest BCUT2D eigenvalue weighted by Gasteiger charge is -2.29. The second-order valence-corrected chi connectivity index (χ2v) is 11.3. The molecule has 1 aliphatic heterocycles. The number of carbonyl (C=O) groups excluding carboxylic acids is 2. The van der Waals surface area contributed by atoms with Gasteiger partial charge in [0.15, 0.2) is 17.4 Å². The van der Waals surface area contributed by atoms with Crippen LogP contribution in [0, 0.1) is 5.92 Å². The first kappa shape index (κ1) is 28.3. The summed E-state index contributed by atoms with van der Waals surface area (Å²) in [6, 6.07) is 12.3. The maximum Gasteiger partial charge on any atom is 0.323 e. The number of nitrogens with one attached hydrogen (secondary N) is 2. The Balaban J connectivity index is 1.23. The van der Waals surface area contributed by atoms with E-state index in [1.54, 1.807) is 24.4 Å². The minimum atomic E-state index is -0.352. The van der Waals surface area contributed by atoms with Gasteiger partial charge in [-0.05, 0) is 69.2 Å². The summed E-state index contributed by atoms with van der Waals surface area (Å²) >= 11 is 12.6. The van der Waals surface area contributed by atoms with Crippen molar-refractivity contribution in [2.45, 2.75) is 63.6 Å². The molecule has 2 unspecified atom stereocenters. The van der Waals surface area contributed by atoms with Gasteiger partial charge in [0, 0.05) is 39.7 Å². The van der Waals surface area contributed by atoms with Gasteiger partial charge in [0.2, 0.25) is 0 Å². The number of ether oxygens (including phenoxy) is 1. The van der Waals surface area contributed by atoms with Gasteiger partial charge in [-0.3, -0.25) is 9.59 Å². The molecule has 210 valence electrons. The zero-order valence-electron chi connectivity index (χ0n) is 22.2. The van der Waals surface area contributed by atoms with Crippen LogP contribution >= 0.6 is 23.2 Å². The van der Waals surface area contributed by atoms with E-state index in [0.717, 1.165) is 43.2 Å². The molecule has 5 rings (SSSR count). The predicted molar refractivity (Wildman–Crippen MR) is 157 cm³/mol. The molecule has 0 bridgehead atoms. The van der Waals surface area contributed by atoms with Gasteiger partial charge in [0.05, 0.1) is 11.9 Å². The van der Waals surface area contributed by atoms with Crippen molar-refractivity contribution in [2.24, 2.45) is 5.92 Å². The lowest BCUT2D eigenvalue weighted by atomic mass is 9.86. The fourth-order valence-corrected chi connectivity index (χ4v) is 5.92. The summed E-state index contributed by atoms with van der Waals surface area (Å²) in [5.41, 5.74) is 8.73. The van der Waals surface area contributed by atoms with Crippen molar-refractivity contribution < 1.29 is 14.3 Å². The van der Waals surface area contributed by atoms with Crippen molar-refractivity contribution in [3.8, 4) is 11.3 Å². The molecule has 0 spiro atoms. The zero-order chi connectivity index (χ0) is 28.1. The first-order chi connectivity index (χ1) is 19.4. The fraction of sp³-hybridized carbons (Fsp3) is 0.400. The summed E-state index contributed by atoms with van der Waals surface area (Å²) in [4.78, 5) is 34.9. The normalized spacial score (nSPS) is 19.4. The molecule has 8 nitrogen and oxygen atoms in total. The highest BCUT2D eigenvalue weighted by atomic mass is 35.5. The Bertz CT molecular complexity index is 1360. The summed E-state index contributed by atoms with van der Waals surface area (Å²) in [5.74, 6) is 0.602. The van der Waals surface area contributed by atoms with Crippen LogP contribution in [-0.4, -0.2) is 40.4 Å². The molecule has 2 aliphatic rings. The van der Waals surface area contributed by atoms with Gasteiger partial charge in [-0.15, -0.1) is 0 Å². The van der Waals surface area contributed by atoms with Gasteiger partial charge < -0.3 is 21.1 Å². The number of benzene rings is 2. The average Bonchev–Trinajstić information content (AvgIpc) is 3.47. The first-order valence-corrected chi connectivity index (χ1v) is 14.5. The van der Waals surface area contributed by atoms with E-state index in [4.69, 9.17) is 33.7 Å². The lowest BCUT2D eigenvalue weighted by molar-refractivity contribution is -0.152. The van der Waals surface area contributed by atoms with Crippen LogP contribution in [-0.2, 0) is 16.1 Å². The van der Waals surface area contributed by atoms with E-state index in [2.05, 4.69) is 20.6 Å². The molecule has 0 radical (unpaired) electrons. The van der Waals surface area contributed by atoms with Gasteiger partial charge in [0.25, 0.3) is 0 Å². The Labute approximate surface area is 244 Å². The van der Waals surface area contributed by atoms with E-state index < -0.39 is 0 Å². The molecule has 1 saturated heterocycles. The Morgan fingerprint density at radius 1 is 1.07 bits per heavy atom. The molecule has 2 heterocycles. The number of rotatable bonds is 9. The maximum atomic E-state index is 13.3. The van der Waals surface area contributed by atoms with E-state index in [1.807, 2.05) is 24.3 Å². The van der Waals surface area contributed by atoms with Gasteiger partial charge in [-0.1, -0.05) is 47.5 Å². The van der Waals surface area contributed by atoms with E-state index in [0.29, 0.717) is 53.1 Å². The third-order valence-corrected chi connectivity index (χ3v) is 8.34.